The van der Waals surface area contributed by atoms with Gasteiger partial charge in [-0.1, -0.05) is 12.1 Å². The smallest absolute Gasteiger partial charge is 0.251 e. The van der Waals surface area contributed by atoms with E-state index in [0.29, 0.717) is 35.0 Å². The molecule has 36 heavy (non-hydrogen) atoms. The minimum absolute atomic E-state index is 0.0848. The van der Waals surface area contributed by atoms with E-state index in [1.165, 1.54) is 6.07 Å². The van der Waals surface area contributed by atoms with Crippen molar-refractivity contribution in [2.45, 2.75) is 43.7 Å². The average Bonchev–Trinajstić information content (AvgIpc) is 2.85. The summed E-state index contributed by atoms with van der Waals surface area (Å²) in [5, 5.41) is 5.46. The molecule has 2 aromatic rings. The molecule has 1 atom stereocenters. The first-order valence-electron chi connectivity index (χ1n) is 12.5. The van der Waals surface area contributed by atoms with Gasteiger partial charge in [-0.2, -0.15) is 0 Å². The molecule has 3 heterocycles. The Labute approximate surface area is 209 Å². The van der Waals surface area contributed by atoms with Crippen LogP contribution in [0.4, 0.5) is 10.1 Å². The molecule has 5 rings (SSSR count). The fourth-order valence-corrected chi connectivity index (χ4v) is 5.33. The summed E-state index contributed by atoms with van der Waals surface area (Å²) in [5.74, 6) is -0.878. The molecule has 2 N–H and O–H groups in total. The molecule has 1 unspecified atom stereocenters. The second-order valence-electron chi connectivity index (χ2n) is 9.79. The van der Waals surface area contributed by atoms with Crippen LogP contribution in [0.15, 0.2) is 42.5 Å². The fraction of sp³-hybridized carbons (Fsp3) is 0.444. The molecule has 0 spiro atoms. The fourth-order valence-electron chi connectivity index (χ4n) is 5.33. The van der Waals surface area contributed by atoms with E-state index in [2.05, 4.69) is 15.5 Å². The van der Waals surface area contributed by atoms with E-state index in [0.717, 1.165) is 39.0 Å². The van der Waals surface area contributed by atoms with Crippen LogP contribution >= 0.6 is 0 Å². The lowest BCUT2D eigenvalue weighted by molar-refractivity contribution is -0.134. The number of carbonyl (C=O) groups excluding carboxylic acids is 3. The summed E-state index contributed by atoms with van der Waals surface area (Å²) in [6, 6.07) is 12.6. The van der Waals surface area contributed by atoms with Gasteiger partial charge in [-0.3, -0.25) is 24.6 Å². The molecule has 0 aromatic heterocycles. The Kier molecular flexibility index (Phi) is 6.91. The van der Waals surface area contributed by atoms with Gasteiger partial charge < -0.3 is 15.0 Å². The van der Waals surface area contributed by atoms with Gasteiger partial charge in [0.05, 0.1) is 18.7 Å². The number of nitrogens with zero attached hydrogens (tertiary/aromatic N) is 2. The molecular weight excluding hydrogens is 463 g/mol. The summed E-state index contributed by atoms with van der Waals surface area (Å²) in [4.78, 5) is 40.5. The van der Waals surface area contributed by atoms with Crippen molar-refractivity contribution in [2.24, 2.45) is 0 Å². The quantitative estimate of drug-likeness (QED) is 0.600. The zero-order valence-electron chi connectivity index (χ0n) is 20.3. The molecule has 0 saturated carbocycles. The third kappa shape index (κ3) is 5.06. The number of carbonyl (C=O) groups is 3. The van der Waals surface area contributed by atoms with Crippen LogP contribution in [0.1, 0.15) is 47.5 Å². The number of anilines is 1. The normalized spacial score (nSPS) is 21.6. The van der Waals surface area contributed by atoms with Crippen molar-refractivity contribution in [1.29, 1.82) is 0 Å². The van der Waals surface area contributed by atoms with Gasteiger partial charge in [0.25, 0.3) is 5.91 Å². The lowest BCUT2D eigenvalue weighted by atomic mass is 9.90. The Hall–Kier alpha value is -3.46. The zero-order chi connectivity index (χ0) is 25.2. The number of likely N-dealkylation sites (tertiary alicyclic amines) is 1. The van der Waals surface area contributed by atoms with Gasteiger partial charge >= 0.3 is 0 Å². The second kappa shape index (κ2) is 10.3. The molecule has 0 aliphatic carbocycles. The maximum Gasteiger partial charge on any atom is 0.251 e. The number of halogens is 1. The summed E-state index contributed by atoms with van der Waals surface area (Å²) >= 11 is 0. The van der Waals surface area contributed by atoms with Gasteiger partial charge in [-0.05, 0) is 55.2 Å². The third-order valence-corrected chi connectivity index (χ3v) is 7.53. The molecule has 3 amide bonds. The largest absolute Gasteiger partial charge is 0.497 e. The van der Waals surface area contributed by atoms with E-state index in [1.54, 1.807) is 31.4 Å². The molecule has 3 fully saturated rings. The van der Waals surface area contributed by atoms with Crippen LogP contribution in [-0.2, 0) is 9.59 Å². The van der Waals surface area contributed by atoms with Crippen LogP contribution < -0.4 is 20.3 Å². The molecule has 2 aromatic carbocycles. The molecule has 3 aliphatic heterocycles. The minimum atomic E-state index is -0.485. The van der Waals surface area contributed by atoms with Gasteiger partial charge in [0, 0.05) is 50.2 Å². The van der Waals surface area contributed by atoms with E-state index in [1.807, 2.05) is 17.0 Å². The third-order valence-electron chi connectivity index (χ3n) is 7.53. The van der Waals surface area contributed by atoms with Gasteiger partial charge in [0.15, 0.2) is 0 Å². The van der Waals surface area contributed by atoms with Crippen molar-refractivity contribution in [3.8, 4) is 5.75 Å². The SMILES string of the molecule is COc1cccc(C(=O)NC2CCN(C3CN(c4ccc(C5CCC(=O)NC5=O)cc4F)C3)CC2)c1. The van der Waals surface area contributed by atoms with Crippen LogP contribution in [0.5, 0.6) is 5.75 Å². The van der Waals surface area contributed by atoms with Crippen LogP contribution in [0.25, 0.3) is 0 Å². The molecule has 3 saturated heterocycles. The van der Waals surface area contributed by atoms with Gasteiger partial charge in [-0.25, -0.2) is 4.39 Å². The first-order chi connectivity index (χ1) is 17.4. The monoisotopic (exact) mass is 494 g/mol. The Morgan fingerprint density at radius 3 is 2.56 bits per heavy atom. The van der Waals surface area contributed by atoms with Crippen molar-refractivity contribution >= 4 is 23.4 Å². The maximum absolute atomic E-state index is 14.9. The number of methoxy groups -OCH3 is 1. The van der Waals surface area contributed by atoms with E-state index in [4.69, 9.17) is 4.74 Å². The number of nitrogens with one attached hydrogen (secondary N) is 2. The van der Waals surface area contributed by atoms with Crippen molar-refractivity contribution in [3.63, 3.8) is 0 Å². The van der Waals surface area contributed by atoms with Crippen LogP contribution in [0.3, 0.4) is 0 Å². The topological polar surface area (TPSA) is 91.0 Å². The Morgan fingerprint density at radius 1 is 1.08 bits per heavy atom. The number of rotatable bonds is 6. The molecule has 190 valence electrons. The Balaban J connectivity index is 1.10. The first kappa shape index (κ1) is 24.2. The van der Waals surface area contributed by atoms with Gasteiger partial charge in [0.1, 0.15) is 11.6 Å². The molecule has 8 nitrogen and oxygen atoms in total. The highest BCUT2D eigenvalue weighted by Crippen LogP contribution is 2.32. The molecule has 9 heteroatoms. The minimum Gasteiger partial charge on any atom is -0.497 e. The highest BCUT2D eigenvalue weighted by Gasteiger charge is 2.36. The number of ether oxygens (including phenoxy) is 1. The van der Waals surface area contributed by atoms with E-state index in [-0.39, 0.29) is 36.0 Å². The van der Waals surface area contributed by atoms with Crippen LogP contribution in [0, 0.1) is 5.82 Å². The van der Waals surface area contributed by atoms with Crippen LogP contribution in [0.2, 0.25) is 0 Å². The number of benzene rings is 2. The first-order valence-corrected chi connectivity index (χ1v) is 12.5. The number of hydrogen-bond acceptors (Lipinski definition) is 6. The average molecular weight is 495 g/mol. The summed E-state index contributed by atoms with van der Waals surface area (Å²) < 4.78 is 20.1. The van der Waals surface area contributed by atoms with E-state index < -0.39 is 5.92 Å². The lowest BCUT2D eigenvalue weighted by Crippen LogP contribution is -2.62. The lowest BCUT2D eigenvalue weighted by Gasteiger charge is -2.48. The summed E-state index contributed by atoms with van der Waals surface area (Å²) in [6.45, 7) is 3.27. The zero-order valence-corrected chi connectivity index (χ0v) is 20.3. The number of imide groups is 1. The number of amides is 3. The standard InChI is InChI=1S/C27H31FN4O4/c1-36-21-4-2-3-18(13-21)26(34)29-19-9-11-31(12-10-19)20-15-32(16-20)24-7-5-17(14-23(24)28)22-6-8-25(33)30-27(22)35/h2-5,7,13-14,19-20,22H,6,8-12,15-16H2,1H3,(H,29,34)(H,30,33,35). The summed E-state index contributed by atoms with van der Waals surface area (Å²) in [5.41, 5.74) is 1.75. The van der Waals surface area contributed by atoms with Crippen molar-refractivity contribution < 1.29 is 23.5 Å². The highest BCUT2D eigenvalue weighted by molar-refractivity contribution is 6.01. The number of piperidine rings is 2. The molecule has 0 radical (unpaired) electrons. The molecule has 3 aliphatic rings. The predicted molar refractivity (Wildman–Crippen MR) is 133 cm³/mol. The summed E-state index contributed by atoms with van der Waals surface area (Å²) in [7, 11) is 1.58. The Bertz CT molecular complexity index is 1160. The van der Waals surface area contributed by atoms with Gasteiger partial charge in [-0.15, -0.1) is 0 Å². The van der Waals surface area contributed by atoms with Crippen molar-refractivity contribution in [3.05, 3.63) is 59.4 Å². The highest BCUT2D eigenvalue weighted by atomic mass is 19.1. The van der Waals surface area contributed by atoms with Crippen LogP contribution in [-0.4, -0.2) is 68.0 Å². The van der Waals surface area contributed by atoms with Crippen molar-refractivity contribution in [1.82, 2.24) is 15.5 Å². The molecular formula is C27H31FN4O4. The molecule has 0 bridgehead atoms. The van der Waals surface area contributed by atoms with Gasteiger partial charge in [0.2, 0.25) is 11.8 Å². The van der Waals surface area contributed by atoms with E-state index in [9.17, 15) is 18.8 Å². The maximum atomic E-state index is 14.9. The number of hydrogen-bond donors (Lipinski definition) is 2. The second-order valence-corrected chi connectivity index (χ2v) is 9.79. The predicted octanol–water partition coefficient (Wildman–Crippen LogP) is 2.44. The van der Waals surface area contributed by atoms with E-state index >= 15 is 0 Å². The Morgan fingerprint density at radius 2 is 1.86 bits per heavy atom. The van der Waals surface area contributed by atoms with Crippen molar-refractivity contribution in [2.75, 3.05) is 38.2 Å². The summed E-state index contributed by atoms with van der Waals surface area (Å²) in [6.07, 6.45) is 2.43.